The highest BCUT2D eigenvalue weighted by molar-refractivity contribution is 5.68. The molecule has 1 aliphatic rings. The molecule has 2 aromatic heterocycles. The molecule has 0 fully saturated rings. The largest absolute Gasteiger partial charge is 0.497 e. The molecule has 6 nitrogen and oxygen atoms in total. The summed E-state index contributed by atoms with van der Waals surface area (Å²) in [4.78, 5) is 4.10. The van der Waals surface area contributed by atoms with Crippen molar-refractivity contribution in [2.75, 3.05) is 20.8 Å². The summed E-state index contributed by atoms with van der Waals surface area (Å²) in [5.74, 6) is 1.53. The molecule has 0 amide bonds. The van der Waals surface area contributed by atoms with Gasteiger partial charge in [0.1, 0.15) is 11.5 Å². The van der Waals surface area contributed by atoms with Crippen molar-refractivity contribution in [2.24, 2.45) is 0 Å². The van der Waals surface area contributed by atoms with Gasteiger partial charge in [-0.1, -0.05) is 0 Å². The van der Waals surface area contributed by atoms with E-state index in [1.54, 1.807) is 14.2 Å². The molecule has 0 atom stereocenters. The van der Waals surface area contributed by atoms with Gasteiger partial charge in [-0.15, -0.1) is 0 Å². The molecule has 3 aromatic rings. The third-order valence-electron chi connectivity index (χ3n) is 4.71. The van der Waals surface area contributed by atoms with Crippen LogP contribution in [0.4, 0.5) is 0 Å². The minimum Gasteiger partial charge on any atom is -0.497 e. The summed E-state index contributed by atoms with van der Waals surface area (Å²) in [6, 6.07) is 9.96. The van der Waals surface area contributed by atoms with Crippen molar-refractivity contribution in [3.8, 4) is 22.8 Å². The maximum atomic E-state index is 5.43. The maximum Gasteiger partial charge on any atom is 0.123 e. The van der Waals surface area contributed by atoms with Gasteiger partial charge in [-0.2, -0.15) is 5.10 Å². The lowest BCUT2D eigenvalue weighted by molar-refractivity contribution is 0.394. The van der Waals surface area contributed by atoms with E-state index in [1.807, 2.05) is 42.7 Å². The molecule has 134 valence electrons. The molecule has 0 bridgehead atoms. The second-order valence-electron chi connectivity index (χ2n) is 6.32. The van der Waals surface area contributed by atoms with Crippen molar-refractivity contribution in [2.45, 2.75) is 19.5 Å². The van der Waals surface area contributed by atoms with E-state index in [-0.39, 0.29) is 0 Å². The number of hydrogen-bond donors (Lipinski definition) is 1. The summed E-state index contributed by atoms with van der Waals surface area (Å²) in [7, 11) is 3.33. The summed E-state index contributed by atoms with van der Waals surface area (Å²) in [6.45, 7) is 2.53. The molecular weight excluding hydrogens is 328 g/mol. The lowest BCUT2D eigenvalue weighted by atomic mass is 10.0. The van der Waals surface area contributed by atoms with Crippen LogP contribution in [0, 0.1) is 0 Å². The van der Waals surface area contributed by atoms with Crippen LogP contribution in [0.5, 0.6) is 11.5 Å². The van der Waals surface area contributed by atoms with Crippen molar-refractivity contribution < 1.29 is 9.47 Å². The molecule has 26 heavy (non-hydrogen) atoms. The molecule has 3 heterocycles. The van der Waals surface area contributed by atoms with Crippen LogP contribution in [0.15, 0.2) is 42.7 Å². The van der Waals surface area contributed by atoms with Gasteiger partial charge in [0.25, 0.3) is 0 Å². The smallest absolute Gasteiger partial charge is 0.123 e. The normalized spacial score (nSPS) is 13.3. The average molecular weight is 350 g/mol. The highest BCUT2D eigenvalue weighted by Crippen LogP contribution is 2.33. The molecule has 0 unspecified atom stereocenters. The van der Waals surface area contributed by atoms with Gasteiger partial charge in [0.2, 0.25) is 0 Å². The van der Waals surface area contributed by atoms with Crippen LogP contribution in [0.1, 0.15) is 16.8 Å². The van der Waals surface area contributed by atoms with Crippen molar-refractivity contribution in [3.63, 3.8) is 0 Å². The quantitative estimate of drug-likeness (QED) is 0.766. The van der Waals surface area contributed by atoms with E-state index in [0.29, 0.717) is 0 Å². The van der Waals surface area contributed by atoms with Crippen LogP contribution >= 0.6 is 0 Å². The zero-order valence-electron chi connectivity index (χ0n) is 15.0. The van der Waals surface area contributed by atoms with Crippen LogP contribution in [0.2, 0.25) is 0 Å². The highest BCUT2D eigenvalue weighted by Gasteiger charge is 2.22. The molecule has 1 N–H and O–H groups in total. The maximum absolute atomic E-state index is 5.43. The Morgan fingerprint density at radius 1 is 1.08 bits per heavy atom. The van der Waals surface area contributed by atoms with E-state index in [0.717, 1.165) is 48.8 Å². The molecule has 0 radical (unpaired) electrons. The van der Waals surface area contributed by atoms with Crippen LogP contribution in [0.25, 0.3) is 11.3 Å². The lowest BCUT2D eigenvalue weighted by Gasteiger charge is -2.16. The Kier molecular flexibility index (Phi) is 4.58. The number of methoxy groups -OCH3 is 2. The number of nitrogens with one attached hydrogen (secondary N) is 1. The van der Waals surface area contributed by atoms with E-state index in [2.05, 4.69) is 15.0 Å². The van der Waals surface area contributed by atoms with Crippen molar-refractivity contribution in [1.29, 1.82) is 0 Å². The van der Waals surface area contributed by atoms with Crippen LogP contribution in [-0.2, 0) is 19.5 Å². The molecule has 4 rings (SSSR count). The van der Waals surface area contributed by atoms with Crippen LogP contribution in [-0.4, -0.2) is 35.5 Å². The van der Waals surface area contributed by atoms with E-state index >= 15 is 0 Å². The molecule has 0 spiro atoms. The highest BCUT2D eigenvalue weighted by atomic mass is 16.5. The molecule has 6 heteroatoms. The Hall–Kier alpha value is -2.86. The first-order valence-electron chi connectivity index (χ1n) is 8.70. The van der Waals surface area contributed by atoms with Gasteiger partial charge in [0.05, 0.1) is 26.5 Å². The summed E-state index contributed by atoms with van der Waals surface area (Å²) >= 11 is 0. The van der Waals surface area contributed by atoms with Gasteiger partial charge in [0, 0.05) is 54.8 Å². The Morgan fingerprint density at radius 2 is 1.81 bits per heavy atom. The lowest BCUT2D eigenvalue weighted by Crippen LogP contribution is -2.25. The topological polar surface area (TPSA) is 61.2 Å². The van der Waals surface area contributed by atoms with Crippen LogP contribution < -0.4 is 14.8 Å². The van der Waals surface area contributed by atoms with Gasteiger partial charge in [-0.3, -0.25) is 9.67 Å². The van der Waals surface area contributed by atoms with Gasteiger partial charge in [-0.05, 0) is 29.8 Å². The number of pyridine rings is 1. The third-order valence-corrected chi connectivity index (χ3v) is 4.71. The first kappa shape index (κ1) is 16.6. The number of ether oxygens (including phenoxy) is 2. The molecule has 0 aliphatic carbocycles. The fraction of sp³-hybridized carbons (Fsp3) is 0.300. The minimum absolute atomic E-state index is 0.742. The Balaban J connectivity index is 1.80. The number of aromatic nitrogens is 3. The third kappa shape index (κ3) is 3.15. The summed E-state index contributed by atoms with van der Waals surface area (Å²) in [5.41, 5.74) is 5.73. The number of hydrogen-bond acceptors (Lipinski definition) is 5. The van der Waals surface area contributed by atoms with E-state index in [9.17, 15) is 0 Å². The fourth-order valence-electron chi connectivity index (χ4n) is 3.39. The van der Waals surface area contributed by atoms with Crippen molar-refractivity contribution in [3.05, 3.63) is 59.5 Å². The second-order valence-corrected chi connectivity index (χ2v) is 6.32. The van der Waals surface area contributed by atoms with Crippen molar-refractivity contribution >= 4 is 0 Å². The van der Waals surface area contributed by atoms with Gasteiger partial charge in [0.15, 0.2) is 0 Å². The van der Waals surface area contributed by atoms with Gasteiger partial charge < -0.3 is 14.8 Å². The Morgan fingerprint density at radius 3 is 2.50 bits per heavy atom. The van der Waals surface area contributed by atoms with E-state index in [1.165, 1.54) is 16.8 Å². The number of rotatable bonds is 5. The molecular formula is C20H22N4O2. The Labute approximate surface area is 152 Å². The predicted molar refractivity (Wildman–Crippen MR) is 99.5 cm³/mol. The number of fused-ring (bicyclic) bond motifs is 1. The van der Waals surface area contributed by atoms with Crippen molar-refractivity contribution in [1.82, 2.24) is 20.1 Å². The van der Waals surface area contributed by atoms with Gasteiger partial charge >= 0.3 is 0 Å². The summed E-state index contributed by atoms with van der Waals surface area (Å²) in [5, 5.41) is 8.41. The van der Waals surface area contributed by atoms with Crippen LogP contribution in [0.3, 0.4) is 0 Å². The first-order chi connectivity index (χ1) is 12.8. The zero-order chi connectivity index (χ0) is 17.9. The average Bonchev–Trinajstić information content (AvgIpc) is 3.07. The standard InChI is InChI=1S/C20H22N4O2/c1-25-16-9-15(10-17(11-16)26-2)20-18-12-22-8-5-19(18)24(23-20)13-14-3-6-21-7-4-14/h3-4,6-7,9-11,22H,5,8,12-13H2,1-2H3. The van der Waals surface area contributed by atoms with Gasteiger partial charge in [-0.25, -0.2) is 0 Å². The summed E-state index contributed by atoms with van der Waals surface area (Å²) < 4.78 is 13.0. The SMILES string of the molecule is COc1cc(OC)cc(-c2nn(Cc3ccncc3)c3c2CNCC3)c1. The molecule has 0 saturated carbocycles. The fourth-order valence-corrected chi connectivity index (χ4v) is 3.39. The molecule has 1 aliphatic heterocycles. The second kappa shape index (κ2) is 7.17. The van der Waals surface area contributed by atoms with E-state index < -0.39 is 0 Å². The monoisotopic (exact) mass is 350 g/mol. The zero-order valence-corrected chi connectivity index (χ0v) is 15.0. The molecule has 1 aromatic carbocycles. The first-order valence-corrected chi connectivity index (χ1v) is 8.70. The minimum atomic E-state index is 0.742. The Bertz CT molecular complexity index is 883. The summed E-state index contributed by atoms with van der Waals surface area (Å²) in [6.07, 6.45) is 4.61. The number of benzene rings is 1. The predicted octanol–water partition coefficient (Wildman–Crippen LogP) is 2.66. The molecule has 0 saturated heterocycles. The van der Waals surface area contributed by atoms with E-state index in [4.69, 9.17) is 14.6 Å². The number of nitrogens with zero attached hydrogens (tertiary/aromatic N) is 3.